The summed E-state index contributed by atoms with van der Waals surface area (Å²) in [6, 6.07) is 16.3. The molecule has 1 N–H and O–H groups in total. The number of amides is 2. The molecule has 2 heterocycles. The second-order valence-corrected chi connectivity index (χ2v) is 11.7. The Hall–Kier alpha value is -3.99. The van der Waals surface area contributed by atoms with Gasteiger partial charge in [-0.3, -0.25) is 9.59 Å². The predicted octanol–water partition coefficient (Wildman–Crippen LogP) is 2.59. The fourth-order valence-electron chi connectivity index (χ4n) is 3.83. The third-order valence-electron chi connectivity index (χ3n) is 5.81. The lowest BCUT2D eigenvalue weighted by atomic mass is 10.1. The maximum absolute atomic E-state index is 12.5. The lowest BCUT2D eigenvalue weighted by Gasteiger charge is -2.26. The van der Waals surface area contributed by atoms with Crippen LogP contribution >= 0.6 is 11.3 Å². The van der Waals surface area contributed by atoms with Gasteiger partial charge in [0.1, 0.15) is 11.4 Å². The highest BCUT2D eigenvalue weighted by Crippen LogP contribution is 2.33. The van der Waals surface area contributed by atoms with Gasteiger partial charge in [0.05, 0.1) is 37.6 Å². The molecule has 0 saturated carbocycles. The normalized spacial score (nSPS) is 13.4. The molecule has 204 valence electrons. The number of nitrogens with one attached hydrogen (secondary N) is 1. The van der Waals surface area contributed by atoms with E-state index in [0.29, 0.717) is 54.2 Å². The largest absolute Gasteiger partial charge is 0.484 e. The average Bonchev–Trinajstić information content (AvgIpc) is 3.32. The molecule has 1 aliphatic rings. The Morgan fingerprint density at radius 3 is 2.44 bits per heavy atom. The molecule has 1 saturated heterocycles. The van der Waals surface area contributed by atoms with Crippen LogP contribution < -0.4 is 14.4 Å². The zero-order chi connectivity index (χ0) is 28.0. The Bertz CT molecular complexity index is 1470. The number of thiazole rings is 1. The quantitative estimate of drug-likeness (QED) is 0.411. The van der Waals surface area contributed by atoms with E-state index in [1.54, 1.807) is 48.2 Å². The van der Waals surface area contributed by atoms with Crippen molar-refractivity contribution in [2.45, 2.75) is 13.5 Å². The van der Waals surface area contributed by atoms with Gasteiger partial charge in [0.25, 0.3) is 11.8 Å². The maximum Gasteiger partial charge on any atom is 0.284 e. The van der Waals surface area contributed by atoms with Gasteiger partial charge >= 0.3 is 0 Å². The van der Waals surface area contributed by atoms with E-state index in [1.165, 1.54) is 11.3 Å². The highest BCUT2D eigenvalue weighted by molar-refractivity contribution is 7.89. The molecule has 3 aromatic rings. The molecule has 1 aliphatic heterocycles. The van der Waals surface area contributed by atoms with Gasteiger partial charge in [0.15, 0.2) is 11.7 Å². The Morgan fingerprint density at radius 1 is 1.15 bits per heavy atom. The summed E-state index contributed by atoms with van der Waals surface area (Å²) in [4.78, 5) is 33.4. The van der Waals surface area contributed by atoms with Crippen LogP contribution in [0.25, 0.3) is 0 Å². The van der Waals surface area contributed by atoms with Crippen molar-refractivity contribution in [1.82, 2.24) is 14.6 Å². The molecule has 0 bridgehead atoms. The van der Waals surface area contributed by atoms with E-state index in [9.17, 15) is 23.3 Å². The zero-order valence-electron chi connectivity index (χ0n) is 21.4. The third-order valence-corrected chi connectivity index (χ3v) is 7.36. The summed E-state index contributed by atoms with van der Waals surface area (Å²) in [6.45, 7) is 4.16. The van der Waals surface area contributed by atoms with Gasteiger partial charge in [-0.05, 0) is 48.9 Å². The summed E-state index contributed by atoms with van der Waals surface area (Å²) in [5.41, 5.74) is 2.14. The molecular formula is C26H27N5O6S2. The number of ether oxygens (including phenoxy) is 2. The second kappa shape index (κ2) is 12.2. The Morgan fingerprint density at radius 2 is 1.82 bits per heavy atom. The van der Waals surface area contributed by atoms with Crippen LogP contribution in [-0.2, 0) is 26.1 Å². The topological polar surface area (TPSA) is 142 Å². The summed E-state index contributed by atoms with van der Waals surface area (Å²) >= 11 is 1.25. The van der Waals surface area contributed by atoms with Crippen molar-refractivity contribution in [3.8, 4) is 11.8 Å². The van der Waals surface area contributed by atoms with Crippen LogP contribution in [0.2, 0.25) is 0 Å². The minimum Gasteiger partial charge on any atom is -0.484 e. The summed E-state index contributed by atoms with van der Waals surface area (Å²) < 4.78 is 36.0. The lowest BCUT2D eigenvalue weighted by molar-refractivity contribution is -0.137. The monoisotopic (exact) mass is 569 g/mol. The van der Waals surface area contributed by atoms with Crippen LogP contribution in [0.15, 0.2) is 48.5 Å². The molecule has 0 atom stereocenters. The first kappa shape index (κ1) is 28.0. The van der Waals surface area contributed by atoms with Crippen molar-refractivity contribution in [3.63, 3.8) is 0 Å². The van der Waals surface area contributed by atoms with Crippen LogP contribution in [0, 0.1) is 18.3 Å². The summed E-state index contributed by atoms with van der Waals surface area (Å²) in [5, 5.41) is 9.66. The number of carbonyl (C=O) groups is 2. The number of nitrogens with zero attached hydrogens (tertiary/aromatic N) is 4. The SMILES string of the molecule is Cc1sc(N(Cc2ccc(OCC(=O)N3CCOCC3)cc2)c2ccc(C#N)cc2)nc1C(=O)NS(C)(=O)=O. The van der Waals surface area contributed by atoms with Gasteiger partial charge in [0, 0.05) is 23.7 Å². The fourth-order valence-corrected chi connectivity index (χ4v) is 5.19. The van der Waals surface area contributed by atoms with E-state index in [-0.39, 0.29) is 18.2 Å². The van der Waals surface area contributed by atoms with E-state index in [1.807, 2.05) is 21.8 Å². The van der Waals surface area contributed by atoms with E-state index < -0.39 is 15.9 Å². The van der Waals surface area contributed by atoms with Crippen LogP contribution in [0.3, 0.4) is 0 Å². The van der Waals surface area contributed by atoms with Crippen LogP contribution in [-0.4, -0.2) is 69.3 Å². The number of morpholine rings is 1. The van der Waals surface area contributed by atoms with E-state index >= 15 is 0 Å². The average molecular weight is 570 g/mol. The van der Waals surface area contributed by atoms with Crippen LogP contribution in [0.5, 0.6) is 5.75 Å². The number of sulfonamides is 1. The number of hydrogen-bond donors (Lipinski definition) is 1. The number of rotatable bonds is 9. The smallest absolute Gasteiger partial charge is 0.284 e. The summed E-state index contributed by atoms with van der Waals surface area (Å²) in [5.74, 6) is -0.343. The van der Waals surface area contributed by atoms with Crippen LogP contribution in [0.1, 0.15) is 26.5 Å². The molecule has 0 unspecified atom stereocenters. The molecule has 13 heteroatoms. The molecular weight excluding hydrogens is 542 g/mol. The molecule has 0 spiro atoms. The number of hydrogen-bond acceptors (Lipinski definition) is 10. The van der Waals surface area contributed by atoms with Crippen molar-refractivity contribution in [2.24, 2.45) is 0 Å². The number of carbonyl (C=O) groups excluding carboxylic acids is 2. The third kappa shape index (κ3) is 7.53. The zero-order valence-corrected chi connectivity index (χ0v) is 23.0. The van der Waals surface area contributed by atoms with Crippen molar-refractivity contribution in [3.05, 3.63) is 70.2 Å². The molecule has 39 heavy (non-hydrogen) atoms. The molecule has 2 amide bonds. The van der Waals surface area contributed by atoms with Gasteiger partial charge in [-0.1, -0.05) is 12.1 Å². The highest BCUT2D eigenvalue weighted by Gasteiger charge is 2.23. The lowest BCUT2D eigenvalue weighted by Crippen LogP contribution is -2.42. The molecule has 1 fully saturated rings. The number of anilines is 2. The van der Waals surface area contributed by atoms with Gasteiger partial charge in [-0.2, -0.15) is 5.26 Å². The molecule has 4 rings (SSSR count). The first-order valence-electron chi connectivity index (χ1n) is 12.0. The second-order valence-electron chi connectivity index (χ2n) is 8.78. The minimum absolute atomic E-state index is 0.0211. The summed E-state index contributed by atoms with van der Waals surface area (Å²) in [7, 11) is -3.75. The van der Waals surface area contributed by atoms with Crippen molar-refractivity contribution in [2.75, 3.05) is 44.1 Å². The number of aryl methyl sites for hydroxylation is 1. The van der Waals surface area contributed by atoms with Gasteiger partial charge < -0.3 is 19.3 Å². The molecule has 0 radical (unpaired) electrons. The Labute approximate surface area is 230 Å². The van der Waals surface area contributed by atoms with E-state index in [4.69, 9.17) is 9.47 Å². The molecule has 0 aliphatic carbocycles. The van der Waals surface area contributed by atoms with E-state index in [2.05, 4.69) is 11.1 Å². The Balaban J connectivity index is 1.52. The van der Waals surface area contributed by atoms with Crippen molar-refractivity contribution >= 4 is 44.0 Å². The first-order valence-corrected chi connectivity index (χ1v) is 14.7. The Kier molecular flexibility index (Phi) is 8.80. The van der Waals surface area contributed by atoms with Crippen LogP contribution in [0.4, 0.5) is 10.8 Å². The number of benzene rings is 2. The highest BCUT2D eigenvalue weighted by atomic mass is 32.2. The summed E-state index contributed by atoms with van der Waals surface area (Å²) in [6.07, 6.45) is 0.905. The van der Waals surface area contributed by atoms with Gasteiger partial charge in [0.2, 0.25) is 10.0 Å². The predicted molar refractivity (Wildman–Crippen MR) is 145 cm³/mol. The van der Waals surface area contributed by atoms with Crippen molar-refractivity contribution in [1.29, 1.82) is 5.26 Å². The fraction of sp³-hybridized carbons (Fsp3) is 0.308. The molecule has 1 aromatic heterocycles. The molecule has 11 nitrogen and oxygen atoms in total. The standard InChI is InChI=1S/C26H27N5O6S2/c1-18-24(25(33)29-39(2,34)35)28-26(38-18)31(21-7-3-19(15-27)4-8-21)16-20-5-9-22(10-6-20)37-17-23(32)30-11-13-36-14-12-30/h3-10H,11-14,16-17H2,1-2H3,(H,29,33). The molecule has 2 aromatic carbocycles. The van der Waals surface area contributed by atoms with Gasteiger partial charge in [-0.25, -0.2) is 18.1 Å². The maximum atomic E-state index is 12.5. The van der Waals surface area contributed by atoms with E-state index in [0.717, 1.165) is 17.5 Å². The number of aromatic nitrogens is 1. The van der Waals surface area contributed by atoms with Gasteiger partial charge in [-0.15, -0.1) is 11.3 Å². The first-order chi connectivity index (χ1) is 18.6. The number of nitriles is 1. The minimum atomic E-state index is -3.75. The van der Waals surface area contributed by atoms with Crippen molar-refractivity contribution < 1.29 is 27.5 Å².